The van der Waals surface area contributed by atoms with Crippen molar-refractivity contribution < 1.29 is 0 Å². The highest BCUT2D eigenvalue weighted by molar-refractivity contribution is 4.82. The molecule has 1 atom stereocenters. The van der Waals surface area contributed by atoms with Gasteiger partial charge in [0.15, 0.2) is 0 Å². The van der Waals surface area contributed by atoms with Crippen molar-refractivity contribution in [3.05, 3.63) is 0 Å². The lowest BCUT2D eigenvalue weighted by Crippen LogP contribution is -2.57. The van der Waals surface area contributed by atoms with Gasteiger partial charge in [0, 0.05) is 26.2 Å². The Kier molecular flexibility index (Phi) is 3.71. The second-order valence-corrected chi connectivity index (χ2v) is 4.84. The van der Waals surface area contributed by atoms with Crippen LogP contribution in [0.25, 0.3) is 0 Å². The average Bonchev–Trinajstić information content (AvgIpc) is 2.05. The van der Waals surface area contributed by atoms with Gasteiger partial charge in [-0.15, -0.1) is 0 Å². The number of piperazine rings is 1. The van der Waals surface area contributed by atoms with Gasteiger partial charge < -0.3 is 10.6 Å². The van der Waals surface area contributed by atoms with Gasteiger partial charge in [0.2, 0.25) is 0 Å². The quantitative estimate of drug-likeness (QED) is 0.655. The van der Waals surface area contributed by atoms with Gasteiger partial charge in [-0.25, -0.2) is 0 Å². The summed E-state index contributed by atoms with van der Waals surface area (Å²) in [4.78, 5) is 2.52. The zero-order valence-electron chi connectivity index (χ0n) is 9.35. The molecule has 1 fully saturated rings. The molecule has 2 N–H and O–H groups in total. The molecule has 3 heteroatoms. The molecule has 1 saturated heterocycles. The largest absolute Gasteiger partial charge is 0.314 e. The first-order valence-corrected chi connectivity index (χ1v) is 5.18. The molecule has 0 saturated carbocycles. The topological polar surface area (TPSA) is 27.3 Å². The normalized spacial score (nSPS) is 23.1. The minimum absolute atomic E-state index is 0.312. The van der Waals surface area contributed by atoms with E-state index in [1.54, 1.807) is 0 Å². The van der Waals surface area contributed by atoms with Crippen LogP contribution in [0.4, 0.5) is 0 Å². The molecule has 0 radical (unpaired) electrons. The van der Waals surface area contributed by atoms with Gasteiger partial charge >= 0.3 is 0 Å². The third-order valence-corrected chi connectivity index (χ3v) is 2.61. The SMILES string of the molecule is CNC(N1CCNCC1)C(C)(C)C. The summed E-state index contributed by atoms with van der Waals surface area (Å²) in [5.41, 5.74) is 0.312. The number of hydrogen-bond donors (Lipinski definition) is 2. The molecule has 1 aliphatic heterocycles. The second-order valence-electron chi connectivity index (χ2n) is 4.84. The number of hydrogen-bond acceptors (Lipinski definition) is 3. The number of rotatable bonds is 2. The first kappa shape index (κ1) is 11.0. The van der Waals surface area contributed by atoms with E-state index in [2.05, 4.69) is 43.4 Å². The van der Waals surface area contributed by atoms with Gasteiger partial charge in [-0.1, -0.05) is 20.8 Å². The Hall–Kier alpha value is -0.120. The summed E-state index contributed by atoms with van der Waals surface area (Å²) < 4.78 is 0. The van der Waals surface area contributed by atoms with Crippen LogP contribution in [0, 0.1) is 5.41 Å². The van der Waals surface area contributed by atoms with Gasteiger partial charge in [-0.3, -0.25) is 4.90 Å². The highest BCUT2D eigenvalue weighted by Crippen LogP contribution is 2.22. The summed E-state index contributed by atoms with van der Waals surface area (Å²) in [5.74, 6) is 0. The minimum atomic E-state index is 0.312. The number of nitrogens with zero attached hydrogens (tertiary/aromatic N) is 1. The van der Waals surface area contributed by atoms with Crippen molar-refractivity contribution in [1.29, 1.82) is 0 Å². The van der Waals surface area contributed by atoms with E-state index in [-0.39, 0.29) is 0 Å². The summed E-state index contributed by atoms with van der Waals surface area (Å²) in [6.07, 6.45) is 0.495. The molecule has 0 aliphatic carbocycles. The Morgan fingerprint density at radius 3 is 2.15 bits per heavy atom. The molecule has 1 aliphatic rings. The van der Waals surface area contributed by atoms with Crippen LogP contribution in [0.5, 0.6) is 0 Å². The molecule has 13 heavy (non-hydrogen) atoms. The molecule has 0 aromatic carbocycles. The minimum Gasteiger partial charge on any atom is -0.314 e. The van der Waals surface area contributed by atoms with Crippen molar-refractivity contribution in [3.8, 4) is 0 Å². The zero-order valence-corrected chi connectivity index (χ0v) is 9.35. The maximum absolute atomic E-state index is 3.41. The molecular formula is C10H23N3. The first-order chi connectivity index (χ1) is 6.05. The van der Waals surface area contributed by atoms with E-state index in [1.807, 2.05) is 0 Å². The Morgan fingerprint density at radius 1 is 1.23 bits per heavy atom. The Balaban J connectivity index is 2.54. The fraction of sp³-hybridized carbons (Fsp3) is 1.00. The van der Waals surface area contributed by atoms with Crippen LogP contribution in [0.15, 0.2) is 0 Å². The lowest BCUT2D eigenvalue weighted by molar-refractivity contribution is 0.0668. The van der Waals surface area contributed by atoms with Crippen LogP contribution in [0.2, 0.25) is 0 Å². The lowest BCUT2D eigenvalue weighted by atomic mass is 9.91. The molecule has 0 amide bonds. The van der Waals surface area contributed by atoms with Crippen molar-refractivity contribution in [2.45, 2.75) is 26.9 Å². The Morgan fingerprint density at radius 2 is 1.77 bits per heavy atom. The third-order valence-electron chi connectivity index (χ3n) is 2.61. The summed E-state index contributed by atoms with van der Waals surface area (Å²) in [7, 11) is 2.05. The number of nitrogens with one attached hydrogen (secondary N) is 2. The summed E-state index contributed by atoms with van der Waals surface area (Å²) >= 11 is 0. The summed E-state index contributed by atoms with van der Waals surface area (Å²) in [5, 5.41) is 6.79. The maximum Gasteiger partial charge on any atom is 0.0645 e. The van der Waals surface area contributed by atoms with Crippen LogP contribution < -0.4 is 10.6 Å². The van der Waals surface area contributed by atoms with Gasteiger partial charge in [-0.2, -0.15) is 0 Å². The van der Waals surface area contributed by atoms with Gasteiger partial charge in [0.25, 0.3) is 0 Å². The van der Waals surface area contributed by atoms with Crippen molar-refractivity contribution in [1.82, 2.24) is 15.5 Å². The molecule has 78 valence electrons. The van der Waals surface area contributed by atoms with Gasteiger partial charge in [0.05, 0.1) is 6.17 Å². The molecule has 0 aromatic rings. The van der Waals surface area contributed by atoms with Crippen LogP contribution in [0.1, 0.15) is 20.8 Å². The monoisotopic (exact) mass is 185 g/mol. The first-order valence-electron chi connectivity index (χ1n) is 5.18. The van der Waals surface area contributed by atoms with E-state index in [4.69, 9.17) is 0 Å². The Labute approximate surface area is 81.9 Å². The van der Waals surface area contributed by atoms with Crippen molar-refractivity contribution in [2.24, 2.45) is 5.41 Å². The van der Waals surface area contributed by atoms with Crippen molar-refractivity contribution >= 4 is 0 Å². The van der Waals surface area contributed by atoms with Gasteiger partial charge in [0.1, 0.15) is 0 Å². The van der Waals surface area contributed by atoms with Crippen molar-refractivity contribution in [2.75, 3.05) is 33.2 Å². The van der Waals surface area contributed by atoms with E-state index in [0.29, 0.717) is 11.6 Å². The third kappa shape index (κ3) is 2.93. The van der Waals surface area contributed by atoms with E-state index in [1.165, 1.54) is 0 Å². The highest BCUT2D eigenvalue weighted by atomic mass is 15.3. The molecular weight excluding hydrogens is 162 g/mol. The predicted octanol–water partition coefficient (Wildman–Crippen LogP) is 0.483. The van der Waals surface area contributed by atoms with E-state index < -0.39 is 0 Å². The summed E-state index contributed by atoms with van der Waals surface area (Å²) in [6, 6.07) is 0. The lowest BCUT2D eigenvalue weighted by Gasteiger charge is -2.42. The molecule has 3 nitrogen and oxygen atoms in total. The average molecular weight is 185 g/mol. The van der Waals surface area contributed by atoms with Crippen molar-refractivity contribution in [3.63, 3.8) is 0 Å². The predicted molar refractivity (Wildman–Crippen MR) is 56.7 cm³/mol. The molecule has 1 heterocycles. The van der Waals surface area contributed by atoms with E-state index in [9.17, 15) is 0 Å². The molecule has 0 aromatic heterocycles. The summed E-state index contributed by atoms with van der Waals surface area (Å²) in [6.45, 7) is 11.4. The van der Waals surface area contributed by atoms with Crippen LogP contribution in [0.3, 0.4) is 0 Å². The van der Waals surface area contributed by atoms with Crippen LogP contribution >= 0.6 is 0 Å². The highest BCUT2D eigenvalue weighted by Gasteiger charge is 2.29. The van der Waals surface area contributed by atoms with Crippen LogP contribution in [-0.4, -0.2) is 44.3 Å². The van der Waals surface area contributed by atoms with Gasteiger partial charge in [-0.05, 0) is 12.5 Å². The maximum atomic E-state index is 3.41. The van der Waals surface area contributed by atoms with E-state index >= 15 is 0 Å². The Bertz CT molecular complexity index is 145. The molecule has 0 spiro atoms. The second kappa shape index (κ2) is 4.40. The smallest absolute Gasteiger partial charge is 0.0645 e. The zero-order chi connectivity index (χ0) is 9.90. The van der Waals surface area contributed by atoms with Crippen LogP contribution in [-0.2, 0) is 0 Å². The molecule has 0 bridgehead atoms. The standard InChI is InChI=1S/C10H23N3/c1-10(2,3)9(11-4)13-7-5-12-6-8-13/h9,11-12H,5-8H2,1-4H3. The van der Waals surface area contributed by atoms with E-state index in [0.717, 1.165) is 26.2 Å². The fourth-order valence-electron chi connectivity index (χ4n) is 2.10. The fourth-order valence-corrected chi connectivity index (χ4v) is 2.10. The molecule has 1 unspecified atom stereocenters. The molecule has 1 rings (SSSR count).